The van der Waals surface area contributed by atoms with E-state index < -0.39 is 0 Å². The second-order valence-electron chi connectivity index (χ2n) is 6.97. The molecule has 134 valence electrons. The van der Waals surface area contributed by atoms with Crippen LogP contribution < -0.4 is 0 Å². The molecule has 1 N–H and O–H groups in total. The van der Waals surface area contributed by atoms with E-state index in [1.54, 1.807) is 12.3 Å². The van der Waals surface area contributed by atoms with E-state index in [-0.39, 0.29) is 17.8 Å². The molecule has 0 saturated carbocycles. The Hall–Kier alpha value is -2.66. The Kier molecular flexibility index (Phi) is 4.47. The van der Waals surface area contributed by atoms with Crippen LogP contribution in [0.5, 0.6) is 0 Å². The average molecular weight is 351 g/mol. The largest absolute Gasteiger partial charge is 0.360 e. The molecule has 0 spiro atoms. The van der Waals surface area contributed by atoms with Crippen LogP contribution in [-0.4, -0.2) is 53.4 Å². The lowest BCUT2D eigenvalue weighted by Gasteiger charge is -2.39. The summed E-state index contributed by atoms with van der Waals surface area (Å²) in [7, 11) is 2.11. The molecule has 0 bridgehead atoms. The third kappa shape index (κ3) is 3.22. The normalized spacial score (nSPS) is 18.4. The molecule has 1 fully saturated rings. The number of hydrogen-bond donors (Lipinski definition) is 1. The summed E-state index contributed by atoms with van der Waals surface area (Å²) < 4.78 is 13.4. The van der Waals surface area contributed by atoms with Crippen molar-refractivity contribution in [1.29, 1.82) is 0 Å². The number of H-pyrrole nitrogens is 1. The van der Waals surface area contributed by atoms with Crippen LogP contribution in [0.4, 0.5) is 4.39 Å². The fourth-order valence-corrected chi connectivity index (χ4v) is 3.68. The molecule has 0 aliphatic carbocycles. The van der Waals surface area contributed by atoms with Gasteiger partial charge < -0.3 is 9.88 Å². The van der Waals surface area contributed by atoms with E-state index in [0.717, 1.165) is 18.4 Å². The first-order chi connectivity index (χ1) is 12.6. The monoisotopic (exact) mass is 351 g/mol. The maximum absolute atomic E-state index is 13.4. The van der Waals surface area contributed by atoms with E-state index in [1.165, 1.54) is 17.7 Å². The minimum Gasteiger partial charge on any atom is -0.360 e. The van der Waals surface area contributed by atoms with Crippen LogP contribution in [0.15, 0.2) is 54.7 Å². The van der Waals surface area contributed by atoms with E-state index >= 15 is 0 Å². The van der Waals surface area contributed by atoms with Crippen molar-refractivity contribution >= 4 is 16.8 Å². The highest BCUT2D eigenvalue weighted by Crippen LogP contribution is 2.22. The second-order valence-corrected chi connectivity index (χ2v) is 6.97. The molecule has 1 amide bonds. The number of carbonyl (C=O) groups excluding carboxylic acids is 1. The van der Waals surface area contributed by atoms with Gasteiger partial charge in [0.15, 0.2) is 0 Å². The molecule has 1 aromatic heterocycles. The Balaban J connectivity index is 1.54. The smallest absolute Gasteiger partial charge is 0.256 e. The fourth-order valence-electron chi connectivity index (χ4n) is 3.68. The molecule has 2 aromatic carbocycles. The number of piperazine rings is 1. The summed E-state index contributed by atoms with van der Waals surface area (Å²) in [4.78, 5) is 20.3. The molecule has 1 aliphatic rings. The van der Waals surface area contributed by atoms with Gasteiger partial charge in [0.25, 0.3) is 5.91 Å². The average Bonchev–Trinajstić information content (AvgIpc) is 3.06. The number of hydrogen-bond acceptors (Lipinski definition) is 2. The molecular formula is C21H22FN3O. The number of aromatic amines is 1. The Bertz CT molecular complexity index is 921. The number of rotatable bonds is 3. The summed E-state index contributed by atoms with van der Waals surface area (Å²) in [6, 6.07) is 15.2. The summed E-state index contributed by atoms with van der Waals surface area (Å²) in [6.45, 7) is 2.24. The van der Waals surface area contributed by atoms with Gasteiger partial charge in [-0.15, -0.1) is 0 Å². The molecule has 26 heavy (non-hydrogen) atoms. The van der Waals surface area contributed by atoms with Crippen LogP contribution >= 0.6 is 0 Å². The Labute approximate surface area is 152 Å². The SMILES string of the molecule is CN1CCN(C(=O)c2c[nH]c3cc(F)ccc23)CC1Cc1ccccc1. The number of fused-ring (bicyclic) bond motifs is 1. The van der Waals surface area contributed by atoms with Crippen molar-refractivity contribution in [3.63, 3.8) is 0 Å². The van der Waals surface area contributed by atoms with Gasteiger partial charge in [0.1, 0.15) is 5.82 Å². The third-order valence-electron chi connectivity index (χ3n) is 5.25. The highest BCUT2D eigenvalue weighted by molar-refractivity contribution is 6.06. The lowest BCUT2D eigenvalue weighted by atomic mass is 10.0. The standard InChI is InChI=1S/C21H22FN3O/c1-24-9-10-25(14-17(24)11-15-5-3-2-4-6-15)21(26)19-13-23-20-12-16(22)7-8-18(19)20/h2-8,12-13,17,23H,9-11,14H2,1H3. The molecule has 5 heteroatoms. The lowest BCUT2D eigenvalue weighted by molar-refractivity contribution is 0.0549. The predicted octanol–water partition coefficient (Wildman–Crippen LogP) is 3.31. The van der Waals surface area contributed by atoms with Gasteiger partial charge in [0.05, 0.1) is 5.56 Å². The Morgan fingerprint density at radius 2 is 2.00 bits per heavy atom. The van der Waals surface area contributed by atoms with Crippen molar-refractivity contribution in [3.8, 4) is 0 Å². The van der Waals surface area contributed by atoms with Crippen LogP contribution in [-0.2, 0) is 6.42 Å². The number of amides is 1. The van der Waals surface area contributed by atoms with Gasteiger partial charge in [-0.3, -0.25) is 9.69 Å². The van der Waals surface area contributed by atoms with Gasteiger partial charge in [-0.2, -0.15) is 0 Å². The zero-order valence-electron chi connectivity index (χ0n) is 14.8. The number of halogens is 1. The number of nitrogens with zero attached hydrogens (tertiary/aromatic N) is 2. The number of aromatic nitrogens is 1. The first-order valence-electron chi connectivity index (χ1n) is 8.92. The highest BCUT2D eigenvalue weighted by atomic mass is 19.1. The molecule has 2 heterocycles. The molecule has 1 saturated heterocycles. The summed E-state index contributed by atoms with van der Waals surface area (Å²) in [5.74, 6) is -0.296. The van der Waals surface area contributed by atoms with Crippen molar-refractivity contribution < 1.29 is 9.18 Å². The summed E-state index contributed by atoms with van der Waals surface area (Å²) in [5, 5.41) is 0.773. The minimum absolute atomic E-state index is 0.00835. The first-order valence-corrected chi connectivity index (χ1v) is 8.92. The summed E-state index contributed by atoms with van der Waals surface area (Å²) >= 11 is 0. The predicted molar refractivity (Wildman–Crippen MR) is 101 cm³/mol. The maximum Gasteiger partial charge on any atom is 0.256 e. The van der Waals surface area contributed by atoms with Gasteiger partial charge in [-0.1, -0.05) is 30.3 Å². The summed E-state index contributed by atoms with van der Waals surface area (Å²) in [6.07, 6.45) is 2.61. The molecule has 1 atom stereocenters. The van der Waals surface area contributed by atoms with Crippen molar-refractivity contribution in [1.82, 2.24) is 14.8 Å². The van der Waals surface area contributed by atoms with Crippen molar-refractivity contribution in [3.05, 3.63) is 71.7 Å². The zero-order chi connectivity index (χ0) is 18.1. The van der Waals surface area contributed by atoms with E-state index in [0.29, 0.717) is 24.2 Å². The molecule has 3 aromatic rings. The van der Waals surface area contributed by atoms with Crippen LogP contribution in [0.2, 0.25) is 0 Å². The van der Waals surface area contributed by atoms with Gasteiger partial charge in [0.2, 0.25) is 0 Å². The van der Waals surface area contributed by atoms with Crippen LogP contribution in [0.25, 0.3) is 10.9 Å². The molecule has 0 radical (unpaired) electrons. The van der Waals surface area contributed by atoms with E-state index in [1.807, 2.05) is 23.1 Å². The molecule has 4 rings (SSSR count). The molecular weight excluding hydrogens is 329 g/mol. The third-order valence-corrected chi connectivity index (χ3v) is 5.25. The zero-order valence-corrected chi connectivity index (χ0v) is 14.8. The Morgan fingerprint density at radius 3 is 2.81 bits per heavy atom. The number of benzene rings is 2. The second kappa shape index (κ2) is 6.92. The highest BCUT2D eigenvalue weighted by Gasteiger charge is 2.29. The topological polar surface area (TPSA) is 39.3 Å². The minimum atomic E-state index is -0.305. The van der Waals surface area contributed by atoms with Crippen LogP contribution in [0, 0.1) is 5.82 Å². The van der Waals surface area contributed by atoms with Crippen molar-refractivity contribution in [2.24, 2.45) is 0 Å². The van der Waals surface area contributed by atoms with Gasteiger partial charge in [-0.25, -0.2) is 4.39 Å². The van der Waals surface area contributed by atoms with Gasteiger partial charge >= 0.3 is 0 Å². The molecule has 1 aliphatic heterocycles. The van der Waals surface area contributed by atoms with E-state index in [2.05, 4.69) is 29.1 Å². The van der Waals surface area contributed by atoms with Crippen molar-refractivity contribution in [2.45, 2.75) is 12.5 Å². The fraction of sp³-hybridized carbons (Fsp3) is 0.286. The molecule has 1 unspecified atom stereocenters. The first kappa shape index (κ1) is 16.8. The van der Waals surface area contributed by atoms with Crippen molar-refractivity contribution in [2.75, 3.05) is 26.7 Å². The van der Waals surface area contributed by atoms with Gasteiger partial charge in [-0.05, 0) is 37.2 Å². The quantitative estimate of drug-likeness (QED) is 0.786. The number of likely N-dealkylation sites (N-methyl/N-ethyl adjacent to an activating group) is 1. The molecule has 4 nitrogen and oxygen atoms in total. The van der Waals surface area contributed by atoms with E-state index in [9.17, 15) is 9.18 Å². The van der Waals surface area contributed by atoms with Gasteiger partial charge in [0, 0.05) is 42.8 Å². The number of nitrogens with one attached hydrogen (secondary N) is 1. The number of carbonyl (C=O) groups is 1. The Morgan fingerprint density at radius 1 is 1.19 bits per heavy atom. The van der Waals surface area contributed by atoms with E-state index in [4.69, 9.17) is 0 Å². The maximum atomic E-state index is 13.4. The summed E-state index contributed by atoms with van der Waals surface area (Å²) in [5.41, 5.74) is 2.55. The lowest BCUT2D eigenvalue weighted by Crippen LogP contribution is -2.54. The van der Waals surface area contributed by atoms with Crippen LogP contribution in [0.1, 0.15) is 15.9 Å². The van der Waals surface area contributed by atoms with Crippen LogP contribution in [0.3, 0.4) is 0 Å².